The molecule has 170 valence electrons. The second-order valence-electron chi connectivity index (χ2n) is 8.79. The maximum atomic E-state index is 14.7. The first-order valence-electron chi connectivity index (χ1n) is 11.4. The van der Waals surface area contributed by atoms with Crippen LogP contribution in [-0.2, 0) is 10.8 Å². The number of unbranched alkanes of at least 4 members (excludes halogenated alkanes) is 2. The van der Waals surface area contributed by atoms with Crippen molar-refractivity contribution in [2.45, 2.75) is 83.3 Å². The molecule has 1 unspecified atom stereocenters. The van der Waals surface area contributed by atoms with Gasteiger partial charge in [0.2, 0.25) is 0 Å². The molecule has 0 saturated heterocycles. The standard InChI is InChI=1S/C26H32F4O/c1-3-4-5-6-19-7-9-20(10-8-19)21-11-14-23(15-12-21)26(29,30)31-18(2)22-13-16-24(27)25(28)17-22/h11-20H,3-10H2,1-2H3. The van der Waals surface area contributed by atoms with Crippen molar-refractivity contribution in [3.63, 3.8) is 0 Å². The topological polar surface area (TPSA) is 9.23 Å². The third-order valence-corrected chi connectivity index (χ3v) is 6.52. The first kappa shape index (κ1) is 23.8. The van der Waals surface area contributed by atoms with Gasteiger partial charge >= 0.3 is 6.11 Å². The van der Waals surface area contributed by atoms with Gasteiger partial charge in [0.15, 0.2) is 11.6 Å². The van der Waals surface area contributed by atoms with Crippen LogP contribution in [0.2, 0.25) is 0 Å². The Kier molecular flexibility index (Phi) is 8.15. The van der Waals surface area contributed by atoms with E-state index in [1.807, 2.05) is 0 Å². The molecule has 0 amide bonds. The van der Waals surface area contributed by atoms with Gasteiger partial charge in [-0.05, 0) is 67.7 Å². The number of hydrogen-bond donors (Lipinski definition) is 0. The van der Waals surface area contributed by atoms with Gasteiger partial charge in [0.25, 0.3) is 0 Å². The van der Waals surface area contributed by atoms with Crippen molar-refractivity contribution in [1.29, 1.82) is 0 Å². The fraction of sp³-hybridized carbons (Fsp3) is 0.538. The molecule has 0 radical (unpaired) electrons. The van der Waals surface area contributed by atoms with E-state index < -0.39 is 23.8 Å². The van der Waals surface area contributed by atoms with Gasteiger partial charge < -0.3 is 4.74 Å². The van der Waals surface area contributed by atoms with E-state index >= 15 is 0 Å². The average Bonchev–Trinajstić information content (AvgIpc) is 2.76. The van der Waals surface area contributed by atoms with Crippen LogP contribution in [0.15, 0.2) is 42.5 Å². The van der Waals surface area contributed by atoms with Gasteiger partial charge in [0, 0.05) is 0 Å². The van der Waals surface area contributed by atoms with Crippen molar-refractivity contribution in [3.8, 4) is 0 Å². The predicted octanol–water partition coefficient (Wildman–Crippen LogP) is 8.65. The molecule has 1 fully saturated rings. The molecule has 2 aromatic rings. The highest BCUT2D eigenvalue weighted by atomic mass is 19.3. The Morgan fingerprint density at radius 1 is 0.935 bits per heavy atom. The van der Waals surface area contributed by atoms with Crippen molar-refractivity contribution < 1.29 is 22.3 Å². The van der Waals surface area contributed by atoms with E-state index in [9.17, 15) is 17.6 Å². The predicted molar refractivity (Wildman–Crippen MR) is 115 cm³/mol. The molecule has 0 aliphatic heterocycles. The van der Waals surface area contributed by atoms with Crippen molar-refractivity contribution in [3.05, 3.63) is 70.8 Å². The maximum Gasteiger partial charge on any atom is 0.383 e. The van der Waals surface area contributed by atoms with Gasteiger partial charge in [-0.25, -0.2) is 8.78 Å². The highest BCUT2D eigenvalue weighted by Crippen LogP contribution is 2.40. The lowest BCUT2D eigenvalue weighted by Gasteiger charge is -2.29. The van der Waals surface area contributed by atoms with Gasteiger partial charge in [-0.2, -0.15) is 8.78 Å². The van der Waals surface area contributed by atoms with Gasteiger partial charge in [-0.15, -0.1) is 0 Å². The Labute approximate surface area is 182 Å². The van der Waals surface area contributed by atoms with E-state index in [1.165, 1.54) is 63.6 Å². The number of alkyl halides is 2. The van der Waals surface area contributed by atoms with Crippen LogP contribution in [0, 0.1) is 17.6 Å². The van der Waals surface area contributed by atoms with Crippen molar-refractivity contribution >= 4 is 0 Å². The van der Waals surface area contributed by atoms with E-state index in [1.54, 1.807) is 12.1 Å². The summed E-state index contributed by atoms with van der Waals surface area (Å²) in [6, 6.07) is 9.43. The monoisotopic (exact) mass is 436 g/mol. The molecule has 31 heavy (non-hydrogen) atoms. The summed E-state index contributed by atoms with van der Waals surface area (Å²) in [7, 11) is 0. The Bertz CT molecular complexity index is 826. The molecular weight excluding hydrogens is 404 g/mol. The van der Waals surface area contributed by atoms with Crippen LogP contribution in [-0.4, -0.2) is 0 Å². The summed E-state index contributed by atoms with van der Waals surface area (Å²) >= 11 is 0. The van der Waals surface area contributed by atoms with E-state index in [-0.39, 0.29) is 11.1 Å². The van der Waals surface area contributed by atoms with Crippen molar-refractivity contribution in [1.82, 2.24) is 0 Å². The van der Waals surface area contributed by atoms with E-state index in [0.717, 1.165) is 36.5 Å². The Morgan fingerprint density at radius 2 is 1.61 bits per heavy atom. The van der Waals surface area contributed by atoms with Crippen molar-refractivity contribution in [2.75, 3.05) is 0 Å². The first-order valence-corrected chi connectivity index (χ1v) is 11.4. The van der Waals surface area contributed by atoms with Crippen LogP contribution in [0.1, 0.15) is 93.9 Å². The molecule has 1 aliphatic carbocycles. The minimum Gasteiger partial charge on any atom is -0.309 e. The Hall–Kier alpha value is -1.88. The highest BCUT2D eigenvalue weighted by molar-refractivity contribution is 5.28. The number of hydrogen-bond acceptors (Lipinski definition) is 1. The Balaban J connectivity index is 1.58. The largest absolute Gasteiger partial charge is 0.383 e. The third kappa shape index (κ3) is 6.31. The summed E-state index contributed by atoms with van der Waals surface area (Å²) in [6.45, 7) is 3.62. The van der Waals surface area contributed by atoms with Crippen molar-refractivity contribution in [2.24, 2.45) is 5.92 Å². The number of rotatable bonds is 9. The molecule has 0 bridgehead atoms. The van der Waals surface area contributed by atoms with E-state index in [0.29, 0.717) is 5.92 Å². The molecule has 0 aromatic heterocycles. The van der Waals surface area contributed by atoms with Gasteiger partial charge in [-0.1, -0.05) is 62.9 Å². The number of benzene rings is 2. The average molecular weight is 437 g/mol. The minimum absolute atomic E-state index is 0.158. The zero-order valence-electron chi connectivity index (χ0n) is 18.4. The smallest absolute Gasteiger partial charge is 0.309 e. The summed E-state index contributed by atoms with van der Waals surface area (Å²) < 4.78 is 60.7. The minimum atomic E-state index is -3.53. The first-order chi connectivity index (χ1) is 14.8. The third-order valence-electron chi connectivity index (χ3n) is 6.52. The van der Waals surface area contributed by atoms with Gasteiger partial charge in [-0.3, -0.25) is 0 Å². The molecule has 0 N–H and O–H groups in total. The molecule has 5 heteroatoms. The van der Waals surface area contributed by atoms with Gasteiger partial charge in [0.05, 0.1) is 11.7 Å². The van der Waals surface area contributed by atoms with E-state index in [4.69, 9.17) is 4.74 Å². The zero-order chi connectivity index (χ0) is 22.4. The lowest BCUT2D eigenvalue weighted by atomic mass is 9.77. The molecule has 1 aliphatic rings. The zero-order valence-corrected chi connectivity index (χ0v) is 18.4. The summed E-state index contributed by atoms with van der Waals surface area (Å²) in [5, 5.41) is 0. The van der Waals surface area contributed by atoms with Crippen LogP contribution < -0.4 is 0 Å². The molecule has 1 atom stereocenters. The molecule has 1 saturated carbocycles. The number of ether oxygens (including phenoxy) is 1. The van der Waals surface area contributed by atoms with Gasteiger partial charge in [0.1, 0.15) is 0 Å². The van der Waals surface area contributed by atoms with Crippen LogP contribution in [0.3, 0.4) is 0 Å². The quantitative estimate of drug-likeness (QED) is 0.282. The molecule has 3 rings (SSSR count). The maximum absolute atomic E-state index is 14.7. The number of halogens is 4. The summed E-state index contributed by atoms with van der Waals surface area (Å²) in [6.07, 6.45) is 5.17. The fourth-order valence-electron chi connectivity index (χ4n) is 4.54. The summed E-state index contributed by atoms with van der Waals surface area (Å²) in [5.74, 6) is -0.876. The second-order valence-corrected chi connectivity index (χ2v) is 8.79. The SMILES string of the molecule is CCCCCC1CCC(c2ccc(C(F)(F)OC(C)c3ccc(F)c(F)c3)cc2)CC1. The molecular formula is C26H32F4O. The normalized spacial score (nSPS) is 20.6. The molecule has 0 heterocycles. The summed E-state index contributed by atoms with van der Waals surface area (Å²) in [5.41, 5.74) is 1.02. The Morgan fingerprint density at radius 3 is 2.23 bits per heavy atom. The van der Waals surface area contributed by atoms with Crippen LogP contribution in [0.25, 0.3) is 0 Å². The van der Waals surface area contributed by atoms with Crippen LogP contribution >= 0.6 is 0 Å². The highest BCUT2D eigenvalue weighted by Gasteiger charge is 2.35. The molecule has 2 aromatic carbocycles. The van der Waals surface area contributed by atoms with Crippen LogP contribution in [0.4, 0.5) is 17.6 Å². The summed E-state index contributed by atoms with van der Waals surface area (Å²) in [4.78, 5) is 0. The molecule has 1 nitrogen and oxygen atoms in total. The van der Waals surface area contributed by atoms with Crippen LogP contribution in [0.5, 0.6) is 0 Å². The lowest BCUT2D eigenvalue weighted by molar-refractivity contribution is -0.272. The van der Waals surface area contributed by atoms with E-state index in [2.05, 4.69) is 6.92 Å². The fourth-order valence-corrected chi connectivity index (χ4v) is 4.54. The molecule has 0 spiro atoms. The lowest BCUT2D eigenvalue weighted by Crippen LogP contribution is -2.21. The second kappa shape index (κ2) is 10.6.